The third kappa shape index (κ3) is 5.21. The number of carbonyl (C=O) groups is 1. The molecule has 0 bridgehead atoms. The molecule has 0 unspecified atom stereocenters. The Morgan fingerprint density at radius 1 is 1.30 bits per heavy atom. The summed E-state index contributed by atoms with van der Waals surface area (Å²) in [6.07, 6.45) is 4.15. The largest absolute Gasteiger partial charge is 0.395 e. The van der Waals surface area contributed by atoms with Gasteiger partial charge in [-0.25, -0.2) is 4.39 Å². The molecule has 1 N–H and O–H groups in total. The summed E-state index contributed by atoms with van der Waals surface area (Å²) in [5.41, 5.74) is 0.0529. The van der Waals surface area contributed by atoms with Crippen LogP contribution in [0.15, 0.2) is 22.7 Å². The Bertz CT molecular complexity index is 440. The number of nitrogens with zero attached hydrogens (tertiary/aromatic N) is 1. The summed E-state index contributed by atoms with van der Waals surface area (Å²) in [7, 11) is 0. The highest BCUT2D eigenvalue weighted by Crippen LogP contribution is 2.17. The first-order chi connectivity index (χ1) is 9.60. The van der Waals surface area contributed by atoms with E-state index >= 15 is 0 Å². The lowest BCUT2D eigenvalue weighted by Crippen LogP contribution is -2.35. The van der Waals surface area contributed by atoms with E-state index in [9.17, 15) is 9.18 Å². The Morgan fingerprint density at radius 2 is 2.05 bits per heavy atom. The average molecular weight is 346 g/mol. The third-order valence-electron chi connectivity index (χ3n) is 3.10. The van der Waals surface area contributed by atoms with Crippen LogP contribution in [0.4, 0.5) is 4.39 Å². The van der Waals surface area contributed by atoms with E-state index < -0.39 is 5.82 Å². The zero-order valence-electron chi connectivity index (χ0n) is 11.7. The van der Waals surface area contributed by atoms with Crippen LogP contribution in [0.5, 0.6) is 0 Å². The molecule has 0 saturated heterocycles. The highest BCUT2D eigenvalue weighted by atomic mass is 79.9. The first-order valence-corrected chi connectivity index (χ1v) is 7.74. The Labute approximate surface area is 127 Å². The van der Waals surface area contributed by atoms with Crippen LogP contribution in [-0.4, -0.2) is 35.6 Å². The van der Waals surface area contributed by atoms with E-state index in [0.717, 1.165) is 25.7 Å². The summed E-state index contributed by atoms with van der Waals surface area (Å²) in [6.45, 7) is 2.79. The monoisotopic (exact) mass is 345 g/mol. The maximum absolute atomic E-state index is 13.8. The van der Waals surface area contributed by atoms with Crippen LogP contribution in [0, 0.1) is 5.82 Å². The number of amides is 1. The smallest absolute Gasteiger partial charge is 0.256 e. The average Bonchev–Trinajstić information content (AvgIpc) is 2.41. The van der Waals surface area contributed by atoms with E-state index in [-0.39, 0.29) is 24.6 Å². The van der Waals surface area contributed by atoms with E-state index in [4.69, 9.17) is 5.11 Å². The molecule has 0 fully saturated rings. The quantitative estimate of drug-likeness (QED) is 0.731. The van der Waals surface area contributed by atoms with Gasteiger partial charge in [-0.1, -0.05) is 42.1 Å². The minimum absolute atomic E-state index is 0.0529. The Morgan fingerprint density at radius 3 is 2.65 bits per heavy atom. The summed E-state index contributed by atoms with van der Waals surface area (Å²) in [5, 5.41) is 9.05. The van der Waals surface area contributed by atoms with Gasteiger partial charge in [0.05, 0.1) is 12.2 Å². The molecule has 20 heavy (non-hydrogen) atoms. The second-order valence-electron chi connectivity index (χ2n) is 4.70. The Balaban J connectivity index is 2.72. The van der Waals surface area contributed by atoms with Gasteiger partial charge < -0.3 is 10.0 Å². The molecule has 1 rings (SSSR count). The molecule has 0 aliphatic carbocycles. The minimum atomic E-state index is -0.541. The van der Waals surface area contributed by atoms with Crippen LogP contribution in [0.25, 0.3) is 0 Å². The number of carbonyl (C=O) groups excluding carboxylic acids is 1. The highest BCUT2D eigenvalue weighted by Gasteiger charge is 2.18. The van der Waals surface area contributed by atoms with Gasteiger partial charge in [0, 0.05) is 17.6 Å². The van der Waals surface area contributed by atoms with Crippen molar-refractivity contribution < 1.29 is 14.3 Å². The highest BCUT2D eigenvalue weighted by molar-refractivity contribution is 9.10. The molecule has 0 atom stereocenters. The van der Waals surface area contributed by atoms with Gasteiger partial charge in [0.15, 0.2) is 0 Å². The van der Waals surface area contributed by atoms with Crippen molar-refractivity contribution in [3.8, 4) is 0 Å². The first-order valence-electron chi connectivity index (χ1n) is 6.95. The number of aliphatic hydroxyl groups is 1. The van der Waals surface area contributed by atoms with E-state index in [2.05, 4.69) is 22.9 Å². The van der Waals surface area contributed by atoms with Gasteiger partial charge in [-0.15, -0.1) is 0 Å². The number of aliphatic hydroxyl groups excluding tert-OH is 1. The number of benzene rings is 1. The summed E-state index contributed by atoms with van der Waals surface area (Å²) in [4.78, 5) is 13.8. The van der Waals surface area contributed by atoms with Crippen molar-refractivity contribution >= 4 is 21.8 Å². The zero-order chi connectivity index (χ0) is 15.0. The fourth-order valence-corrected chi connectivity index (χ4v) is 2.33. The van der Waals surface area contributed by atoms with Crippen LogP contribution in [0.3, 0.4) is 0 Å². The number of halogens is 2. The van der Waals surface area contributed by atoms with Gasteiger partial charge in [0.2, 0.25) is 0 Å². The molecule has 1 aromatic carbocycles. The maximum Gasteiger partial charge on any atom is 0.256 e. The molecular formula is C15H21BrFNO2. The lowest BCUT2D eigenvalue weighted by atomic mass is 10.1. The molecule has 1 aromatic rings. The van der Waals surface area contributed by atoms with Crippen molar-refractivity contribution in [3.05, 3.63) is 34.1 Å². The molecule has 0 heterocycles. The normalized spacial score (nSPS) is 10.6. The SMILES string of the molecule is CCCCCCN(CCO)C(=O)c1ccc(Br)cc1F. The van der Waals surface area contributed by atoms with Gasteiger partial charge in [0.1, 0.15) is 5.82 Å². The van der Waals surface area contributed by atoms with Crippen molar-refractivity contribution in [2.24, 2.45) is 0 Å². The van der Waals surface area contributed by atoms with Gasteiger partial charge >= 0.3 is 0 Å². The number of unbranched alkanes of at least 4 members (excludes halogenated alkanes) is 3. The predicted molar refractivity (Wildman–Crippen MR) is 81.2 cm³/mol. The van der Waals surface area contributed by atoms with Crippen molar-refractivity contribution in [2.45, 2.75) is 32.6 Å². The molecule has 1 amide bonds. The summed E-state index contributed by atoms with van der Waals surface area (Å²) >= 11 is 3.17. The minimum Gasteiger partial charge on any atom is -0.395 e. The molecule has 0 saturated carbocycles. The second kappa shape index (κ2) is 9.08. The van der Waals surface area contributed by atoms with Gasteiger partial charge in [-0.2, -0.15) is 0 Å². The van der Waals surface area contributed by atoms with Crippen molar-refractivity contribution in [3.63, 3.8) is 0 Å². The second-order valence-corrected chi connectivity index (χ2v) is 5.62. The van der Waals surface area contributed by atoms with Crippen LogP contribution < -0.4 is 0 Å². The molecule has 3 nitrogen and oxygen atoms in total. The maximum atomic E-state index is 13.8. The summed E-state index contributed by atoms with van der Waals surface area (Å²) < 4.78 is 14.4. The number of rotatable bonds is 8. The first kappa shape index (κ1) is 17.1. The van der Waals surface area contributed by atoms with E-state index in [0.29, 0.717) is 11.0 Å². The fourth-order valence-electron chi connectivity index (χ4n) is 2.00. The molecule has 5 heteroatoms. The van der Waals surface area contributed by atoms with Crippen molar-refractivity contribution in [1.82, 2.24) is 4.90 Å². The molecular weight excluding hydrogens is 325 g/mol. The molecule has 0 aromatic heterocycles. The topological polar surface area (TPSA) is 40.5 Å². The van der Waals surface area contributed by atoms with Crippen LogP contribution >= 0.6 is 15.9 Å². The number of hydrogen-bond acceptors (Lipinski definition) is 2. The van der Waals surface area contributed by atoms with Crippen molar-refractivity contribution in [2.75, 3.05) is 19.7 Å². The van der Waals surface area contributed by atoms with Gasteiger partial charge in [-0.05, 0) is 24.6 Å². The number of hydrogen-bond donors (Lipinski definition) is 1. The molecule has 0 aliphatic heterocycles. The molecule has 0 spiro atoms. The predicted octanol–water partition coefficient (Wildman–Crippen LogP) is 3.60. The lowest BCUT2D eigenvalue weighted by Gasteiger charge is -2.22. The van der Waals surface area contributed by atoms with Gasteiger partial charge in [0.25, 0.3) is 5.91 Å². The standard InChI is InChI=1S/C15H21BrFNO2/c1-2-3-4-5-8-18(9-10-19)15(20)13-7-6-12(16)11-14(13)17/h6-7,11,19H,2-5,8-10H2,1H3. The van der Waals surface area contributed by atoms with E-state index in [1.807, 2.05) is 0 Å². The summed E-state index contributed by atoms with van der Waals surface area (Å²) in [6, 6.07) is 4.39. The fraction of sp³-hybridized carbons (Fsp3) is 0.533. The van der Waals surface area contributed by atoms with Crippen LogP contribution in [0.1, 0.15) is 43.0 Å². The Kier molecular flexibility index (Phi) is 7.77. The van der Waals surface area contributed by atoms with E-state index in [1.165, 1.54) is 17.0 Å². The molecule has 0 aliphatic rings. The summed E-state index contributed by atoms with van der Waals surface area (Å²) in [5.74, 6) is -0.901. The molecule has 0 radical (unpaired) electrons. The van der Waals surface area contributed by atoms with Crippen LogP contribution in [-0.2, 0) is 0 Å². The third-order valence-corrected chi connectivity index (χ3v) is 3.59. The zero-order valence-corrected chi connectivity index (χ0v) is 13.3. The lowest BCUT2D eigenvalue weighted by molar-refractivity contribution is 0.0713. The Hall–Kier alpha value is -0.940. The van der Waals surface area contributed by atoms with Crippen molar-refractivity contribution in [1.29, 1.82) is 0 Å². The van der Waals surface area contributed by atoms with E-state index in [1.54, 1.807) is 6.07 Å². The van der Waals surface area contributed by atoms with Crippen LogP contribution in [0.2, 0.25) is 0 Å². The molecule has 112 valence electrons. The van der Waals surface area contributed by atoms with Gasteiger partial charge in [-0.3, -0.25) is 4.79 Å².